The minimum absolute atomic E-state index is 0. The van der Waals surface area contributed by atoms with Crippen LogP contribution in [0.3, 0.4) is 0 Å². The van der Waals surface area contributed by atoms with Crippen molar-refractivity contribution in [3.05, 3.63) is 70.8 Å². The summed E-state index contributed by atoms with van der Waals surface area (Å²) in [5.41, 5.74) is 1.66. The Hall–Kier alpha value is -1.70. The van der Waals surface area contributed by atoms with E-state index in [1.165, 1.54) is 0 Å². The number of esters is 2. The molecule has 54 heavy (non-hydrogen) atoms. The van der Waals surface area contributed by atoms with Crippen LogP contribution >= 0.6 is 35.0 Å². The number of amides is 1. The van der Waals surface area contributed by atoms with Crippen molar-refractivity contribution in [1.82, 2.24) is 10.2 Å². The van der Waals surface area contributed by atoms with Gasteiger partial charge < -0.3 is 29.6 Å². The third kappa shape index (κ3) is 19.0. The van der Waals surface area contributed by atoms with E-state index < -0.39 is 17.2 Å². The molecule has 2 saturated carbocycles. The summed E-state index contributed by atoms with van der Waals surface area (Å²) in [5.74, 6) is -1.52. The van der Waals surface area contributed by atoms with Crippen LogP contribution in [0.2, 0.25) is 0 Å². The van der Waals surface area contributed by atoms with Crippen molar-refractivity contribution < 1.29 is 63.3 Å². The molecule has 0 spiro atoms. The van der Waals surface area contributed by atoms with Gasteiger partial charge in [-0.25, -0.2) is 0 Å². The van der Waals surface area contributed by atoms with Gasteiger partial charge in [-0.2, -0.15) is 0 Å². The Balaban J connectivity index is -0.000000821. The van der Waals surface area contributed by atoms with E-state index in [9.17, 15) is 24.3 Å². The van der Waals surface area contributed by atoms with Gasteiger partial charge in [-0.05, 0) is 115 Å². The fourth-order valence-electron chi connectivity index (χ4n) is 6.73. The molecule has 1 N–H and O–H groups in total. The summed E-state index contributed by atoms with van der Waals surface area (Å²) in [5, 5.41) is 13.6. The van der Waals surface area contributed by atoms with Crippen LogP contribution in [0.15, 0.2) is 48.5 Å². The van der Waals surface area contributed by atoms with Crippen LogP contribution in [-0.4, -0.2) is 73.0 Å². The monoisotopic (exact) mass is 896 g/mol. The molecule has 0 atom stereocenters. The van der Waals surface area contributed by atoms with E-state index in [2.05, 4.69) is 27.9 Å². The van der Waals surface area contributed by atoms with Crippen molar-refractivity contribution >= 4 is 58.8 Å². The van der Waals surface area contributed by atoms with Crippen LogP contribution in [0.25, 0.3) is 0 Å². The van der Waals surface area contributed by atoms with E-state index in [1.807, 2.05) is 84.8 Å². The zero-order chi connectivity index (χ0) is 39.0. The van der Waals surface area contributed by atoms with E-state index in [0.29, 0.717) is 18.4 Å². The minimum Gasteiger partial charge on any atom is -0.545 e. The third-order valence-electron chi connectivity index (χ3n) is 8.81. The summed E-state index contributed by atoms with van der Waals surface area (Å²) >= 11 is 2.15. The van der Waals surface area contributed by atoms with Crippen molar-refractivity contribution in [3.8, 4) is 0 Å². The van der Waals surface area contributed by atoms with Gasteiger partial charge in [0.05, 0.1) is 18.8 Å². The molecule has 1 amide bonds. The number of carbonyl (C=O) groups excluding carboxylic acids is 4. The molecule has 2 aliphatic rings. The number of carbonyl (C=O) groups is 4. The molecule has 0 aromatic heterocycles. The minimum atomic E-state index is -1.18. The molecule has 2 fully saturated rings. The first-order valence-corrected chi connectivity index (χ1v) is 20.0. The van der Waals surface area contributed by atoms with E-state index in [-0.39, 0.29) is 83.6 Å². The molecular formula is C42H67ClIN2NaO7. The molecule has 2 aromatic carbocycles. The predicted octanol–water partition coefficient (Wildman–Crippen LogP) is 5.47. The molecule has 302 valence electrons. The van der Waals surface area contributed by atoms with Crippen LogP contribution < -0.4 is 40.0 Å². The fraction of sp³-hybridized carbons (Fsp3) is 0.619. The second-order valence-corrected chi connectivity index (χ2v) is 15.6. The summed E-state index contributed by atoms with van der Waals surface area (Å²) in [7, 11) is 7.24. The number of alkyl halides is 1. The average molecular weight is 897 g/mol. The van der Waals surface area contributed by atoms with Crippen molar-refractivity contribution in [3.63, 3.8) is 0 Å². The van der Waals surface area contributed by atoms with Gasteiger partial charge in [-0.1, -0.05) is 92.1 Å². The normalized spacial score (nSPS) is 14.9. The molecule has 0 unspecified atom stereocenters. The molecular weight excluding hydrogens is 830 g/mol. The van der Waals surface area contributed by atoms with Gasteiger partial charge in [0, 0.05) is 30.5 Å². The number of aromatic carboxylic acids is 1. The van der Waals surface area contributed by atoms with Crippen molar-refractivity contribution in [2.75, 3.05) is 33.1 Å². The molecule has 9 nitrogen and oxygen atoms in total. The summed E-state index contributed by atoms with van der Waals surface area (Å²) in [6.45, 7) is 11.3. The largest absolute Gasteiger partial charge is 1.00 e. The maximum Gasteiger partial charge on any atom is 1.00 e. The number of benzene rings is 2. The van der Waals surface area contributed by atoms with Crippen molar-refractivity contribution in [2.24, 2.45) is 0 Å². The maximum atomic E-state index is 12.4. The van der Waals surface area contributed by atoms with Crippen molar-refractivity contribution in [2.45, 2.75) is 135 Å². The number of rotatable bonds is 8. The Morgan fingerprint density at radius 1 is 0.685 bits per heavy atom. The van der Waals surface area contributed by atoms with Crippen LogP contribution in [0.4, 0.5) is 0 Å². The zero-order valence-electron chi connectivity index (χ0n) is 34.3. The Morgan fingerprint density at radius 2 is 0.963 bits per heavy atom. The average Bonchev–Trinajstić information content (AvgIpc) is 3.72. The molecule has 0 saturated heterocycles. The van der Waals surface area contributed by atoms with Crippen LogP contribution in [0.1, 0.15) is 145 Å². The molecule has 2 aromatic rings. The maximum absolute atomic E-state index is 12.4. The van der Waals surface area contributed by atoms with Crippen LogP contribution in [0.5, 0.6) is 0 Å². The second kappa shape index (κ2) is 26.3. The first-order chi connectivity index (χ1) is 23.8. The Kier molecular flexibility index (Phi) is 27.5. The van der Waals surface area contributed by atoms with Gasteiger partial charge >= 0.3 is 41.5 Å². The molecule has 0 bridgehead atoms. The van der Waals surface area contributed by atoms with Crippen LogP contribution in [-0.2, 0) is 29.9 Å². The standard InChI is InChI=1S/C20H29NO3.C18H24O4.C2H7N.CH3I.CH4.ClH.Na/c1-19(2,3)24-17(22)14-20(12-6-7-13-20)16-10-8-15(9-11-16)18(23)21(4)5;1-17(2,3)22-15(19)12-18(10-4-5-11-18)14-8-6-13(7-9-14)16(20)21;1-3-2;1-2;;;/h8-11H,6-7,12-14H2,1-5H3;6-9H,4-5,10-12H2,1-3H3,(H,20,21);3H,1-2H3;1H3;1H4;1H;/q;;;;;;+1/p-1. The van der Waals surface area contributed by atoms with E-state index in [1.54, 1.807) is 43.3 Å². The topological polar surface area (TPSA) is 125 Å². The van der Waals surface area contributed by atoms with Crippen LogP contribution in [0, 0.1) is 0 Å². The van der Waals surface area contributed by atoms with Gasteiger partial charge in [0.25, 0.3) is 5.91 Å². The van der Waals surface area contributed by atoms with Crippen molar-refractivity contribution in [1.29, 1.82) is 0 Å². The van der Waals surface area contributed by atoms with E-state index in [4.69, 9.17) is 9.47 Å². The zero-order valence-corrected chi connectivity index (χ0v) is 39.3. The summed E-state index contributed by atoms with van der Waals surface area (Å²) in [4.78, 5) is 51.1. The molecule has 0 aliphatic heterocycles. The van der Waals surface area contributed by atoms with Gasteiger partial charge in [0.15, 0.2) is 0 Å². The third-order valence-corrected chi connectivity index (χ3v) is 8.81. The number of carboxylic acids is 1. The molecule has 12 heteroatoms. The van der Waals surface area contributed by atoms with Gasteiger partial charge in [0.1, 0.15) is 11.2 Å². The predicted molar refractivity (Wildman–Crippen MR) is 225 cm³/mol. The summed E-state index contributed by atoms with van der Waals surface area (Å²) in [6.07, 6.45) is 8.99. The second-order valence-electron chi connectivity index (χ2n) is 15.6. The number of halogens is 2. The molecule has 0 radical (unpaired) electrons. The van der Waals surface area contributed by atoms with E-state index >= 15 is 0 Å². The number of ether oxygens (including phenoxy) is 2. The first kappa shape index (κ1) is 56.6. The van der Waals surface area contributed by atoms with Gasteiger partial charge in [0.2, 0.25) is 0 Å². The number of hydrogen-bond acceptors (Lipinski definition) is 8. The number of nitrogens with zero attached hydrogens (tertiary/aromatic N) is 1. The Bertz CT molecular complexity index is 1390. The number of hydrogen-bond donors (Lipinski definition) is 1. The number of carboxylic acid groups (broad SMARTS) is 1. The Labute approximate surface area is 368 Å². The van der Waals surface area contributed by atoms with Gasteiger partial charge in [-0.3, -0.25) is 14.4 Å². The summed E-state index contributed by atoms with van der Waals surface area (Å²) in [6, 6.07) is 14.5. The van der Waals surface area contributed by atoms with Gasteiger partial charge in [-0.15, -0.1) is 12.4 Å². The smallest absolute Gasteiger partial charge is 0.545 e. The summed E-state index contributed by atoms with van der Waals surface area (Å²) < 4.78 is 11.0. The SMILES string of the molecule is C.CC(C)(C)OC(=O)CC1(c2ccc(C(=O)[O-])cc2)CCCC1.CI.CN(C)C(=O)c1ccc(C2(CC(=O)OC(C)(C)C)CCCC2)cc1.CNC.Cl.[Na+]. The Morgan fingerprint density at radius 3 is 1.20 bits per heavy atom. The quantitative estimate of drug-likeness (QED) is 0.160. The molecule has 0 heterocycles. The molecule has 4 rings (SSSR count). The molecule has 2 aliphatic carbocycles. The van der Waals surface area contributed by atoms with E-state index in [0.717, 1.165) is 62.5 Å². The fourth-order valence-corrected chi connectivity index (χ4v) is 6.73. The first-order valence-electron chi connectivity index (χ1n) is 17.8. The number of nitrogens with one attached hydrogen (secondary N) is 1.